The molecule has 5 heteroatoms. The second kappa shape index (κ2) is 6.12. The van der Waals surface area contributed by atoms with Gasteiger partial charge in [0.1, 0.15) is 5.82 Å². The molecule has 1 aromatic carbocycles. The van der Waals surface area contributed by atoms with E-state index in [0.29, 0.717) is 17.5 Å². The number of hydrogen-bond acceptors (Lipinski definition) is 1. The molecule has 1 atom stereocenters. The van der Waals surface area contributed by atoms with E-state index in [0.717, 1.165) is 25.0 Å². The first-order valence-corrected chi connectivity index (χ1v) is 6.96. The van der Waals surface area contributed by atoms with Crippen LogP contribution in [0.15, 0.2) is 18.2 Å². The predicted molar refractivity (Wildman–Crippen MR) is 69.7 cm³/mol. The fourth-order valence-electron chi connectivity index (χ4n) is 2.82. The van der Waals surface area contributed by atoms with E-state index < -0.39 is 17.6 Å². The zero-order valence-corrected chi connectivity index (χ0v) is 11.4. The molecule has 2 rings (SSSR count). The van der Waals surface area contributed by atoms with Gasteiger partial charge in [-0.1, -0.05) is 12.8 Å². The third-order valence-corrected chi connectivity index (χ3v) is 4.02. The number of hydrogen-bond donors (Lipinski definition) is 1. The number of nitrogens with one attached hydrogen (secondary N) is 1. The Morgan fingerprint density at radius 1 is 1.20 bits per heavy atom. The number of benzene rings is 1. The molecule has 1 nitrogen and oxygen atoms in total. The monoisotopic (exact) mass is 289 g/mol. The third kappa shape index (κ3) is 3.95. The smallest absolute Gasteiger partial charge is 0.310 e. The molecule has 0 amide bonds. The lowest BCUT2D eigenvalue weighted by Gasteiger charge is -2.20. The first-order chi connectivity index (χ1) is 9.36. The maximum absolute atomic E-state index is 13.3. The Labute approximate surface area is 116 Å². The number of halogens is 4. The van der Waals surface area contributed by atoms with Crippen molar-refractivity contribution in [2.75, 3.05) is 0 Å². The van der Waals surface area contributed by atoms with E-state index in [2.05, 4.69) is 5.32 Å². The summed E-state index contributed by atoms with van der Waals surface area (Å²) in [7, 11) is 0. The third-order valence-electron chi connectivity index (χ3n) is 4.02. The SMILES string of the molecule is C[C@@H](NCc1cc(F)cc(C(F)(F)F)c1)C1CCCC1. The molecule has 0 saturated heterocycles. The van der Waals surface area contributed by atoms with Gasteiger partial charge in [0.15, 0.2) is 0 Å². The summed E-state index contributed by atoms with van der Waals surface area (Å²) in [4.78, 5) is 0. The molecule has 1 aliphatic rings. The molecular formula is C15H19F4N. The highest BCUT2D eigenvalue weighted by molar-refractivity contribution is 5.26. The van der Waals surface area contributed by atoms with E-state index >= 15 is 0 Å². The van der Waals surface area contributed by atoms with Crippen molar-refractivity contribution in [3.05, 3.63) is 35.1 Å². The number of rotatable bonds is 4. The van der Waals surface area contributed by atoms with Gasteiger partial charge in [-0.2, -0.15) is 13.2 Å². The zero-order chi connectivity index (χ0) is 14.8. The van der Waals surface area contributed by atoms with Gasteiger partial charge in [0.05, 0.1) is 5.56 Å². The topological polar surface area (TPSA) is 12.0 Å². The van der Waals surface area contributed by atoms with E-state index in [9.17, 15) is 17.6 Å². The molecular weight excluding hydrogens is 270 g/mol. The van der Waals surface area contributed by atoms with Crippen molar-refractivity contribution >= 4 is 0 Å². The molecule has 1 fully saturated rings. The summed E-state index contributed by atoms with van der Waals surface area (Å²) in [6, 6.07) is 2.94. The van der Waals surface area contributed by atoms with Crippen molar-refractivity contribution in [2.45, 2.75) is 51.4 Å². The van der Waals surface area contributed by atoms with E-state index in [1.807, 2.05) is 6.92 Å². The molecule has 0 unspecified atom stereocenters. The van der Waals surface area contributed by atoms with Crippen molar-refractivity contribution in [1.29, 1.82) is 0 Å². The first kappa shape index (κ1) is 15.3. The maximum atomic E-state index is 13.3. The van der Waals surface area contributed by atoms with Crippen LogP contribution in [0.4, 0.5) is 17.6 Å². The first-order valence-electron chi connectivity index (χ1n) is 6.96. The predicted octanol–water partition coefficient (Wildman–Crippen LogP) is 4.51. The fourth-order valence-corrected chi connectivity index (χ4v) is 2.82. The minimum Gasteiger partial charge on any atom is -0.310 e. The van der Waals surface area contributed by atoms with Gasteiger partial charge < -0.3 is 5.32 Å². The summed E-state index contributed by atoms with van der Waals surface area (Å²) in [6.45, 7) is 2.30. The van der Waals surface area contributed by atoms with Crippen molar-refractivity contribution in [3.63, 3.8) is 0 Å². The second-order valence-corrected chi connectivity index (χ2v) is 5.56. The maximum Gasteiger partial charge on any atom is 0.416 e. The highest BCUT2D eigenvalue weighted by Gasteiger charge is 2.31. The van der Waals surface area contributed by atoms with Crippen molar-refractivity contribution in [1.82, 2.24) is 5.32 Å². The summed E-state index contributed by atoms with van der Waals surface area (Å²) in [5, 5.41) is 3.21. The Morgan fingerprint density at radius 2 is 1.85 bits per heavy atom. The van der Waals surface area contributed by atoms with Gasteiger partial charge in [-0.15, -0.1) is 0 Å². The standard InChI is InChI=1S/C15H19F4N/c1-10(12-4-2-3-5-12)20-9-11-6-13(15(17,18)19)8-14(16)7-11/h6-8,10,12,20H,2-5,9H2,1H3/t10-/m1/s1. The summed E-state index contributed by atoms with van der Waals surface area (Å²) < 4.78 is 51.1. The Kier molecular flexibility index (Phi) is 4.68. The van der Waals surface area contributed by atoms with Crippen LogP contribution in [0.25, 0.3) is 0 Å². The normalized spacial score (nSPS) is 18.4. The molecule has 0 aliphatic heterocycles. The Bertz CT molecular complexity index is 450. The molecule has 1 aliphatic carbocycles. The molecule has 0 bridgehead atoms. The van der Waals surface area contributed by atoms with Crippen molar-refractivity contribution in [3.8, 4) is 0 Å². The molecule has 0 radical (unpaired) electrons. The van der Waals surface area contributed by atoms with Gasteiger partial charge in [-0.25, -0.2) is 4.39 Å². The number of alkyl halides is 3. The molecule has 0 heterocycles. The van der Waals surface area contributed by atoms with Crippen molar-refractivity contribution < 1.29 is 17.6 Å². The molecule has 20 heavy (non-hydrogen) atoms. The molecule has 1 aromatic rings. The van der Waals surface area contributed by atoms with E-state index in [1.165, 1.54) is 12.8 Å². The Hall–Kier alpha value is -1.10. The highest BCUT2D eigenvalue weighted by atomic mass is 19.4. The van der Waals surface area contributed by atoms with Gasteiger partial charge in [-0.3, -0.25) is 0 Å². The zero-order valence-electron chi connectivity index (χ0n) is 11.4. The van der Waals surface area contributed by atoms with E-state index in [-0.39, 0.29) is 12.6 Å². The minimum atomic E-state index is -4.51. The second-order valence-electron chi connectivity index (χ2n) is 5.56. The largest absolute Gasteiger partial charge is 0.416 e. The van der Waals surface area contributed by atoms with E-state index in [4.69, 9.17) is 0 Å². The van der Waals surface area contributed by atoms with Crippen LogP contribution >= 0.6 is 0 Å². The van der Waals surface area contributed by atoms with Gasteiger partial charge >= 0.3 is 6.18 Å². The van der Waals surface area contributed by atoms with Crippen LogP contribution in [0, 0.1) is 11.7 Å². The van der Waals surface area contributed by atoms with Crippen LogP contribution in [-0.4, -0.2) is 6.04 Å². The van der Waals surface area contributed by atoms with Crippen LogP contribution in [0.3, 0.4) is 0 Å². The molecule has 1 N–H and O–H groups in total. The van der Waals surface area contributed by atoms with Gasteiger partial charge in [0, 0.05) is 12.6 Å². The van der Waals surface area contributed by atoms with Crippen LogP contribution in [-0.2, 0) is 12.7 Å². The minimum absolute atomic E-state index is 0.245. The summed E-state index contributed by atoms with van der Waals surface area (Å²) in [5.41, 5.74) is -0.593. The summed E-state index contributed by atoms with van der Waals surface area (Å²) >= 11 is 0. The summed E-state index contributed by atoms with van der Waals surface area (Å²) in [6.07, 6.45) is 0.244. The average molecular weight is 289 g/mol. The van der Waals surface area contributed by atoms with Crippen molar-refractivity contribution in [2.24, 2.45) is 5.92 Å². The van der Waals surface area contributed by atoms with Gasteiger partial charge in [0.2, 0.25) is 0 Å². The molecule has 0 spiro atoms. The van der Waals surface area contributed by atoms with Crippen LogP contribution in [0.2, 0.25) is 0 Å². The lowest BCUT2D eigenvalue weighted by molar-refractivity contribution is -0.137. The lowest BCUT2D eigenvalue weighted by Crippen LogP contribution is -2.31. The van der Waals surface area contributed by atoms with Gasteiger partial charge in [-0.05, 0) is 49.4 Å². The van der Waals surface area contributed by atoms with Crippen LogP contribution in [0.1, 0.15) is 43.7 Å². The summed E-state index contributed by atoms with van der Waals surface area (Å²) in [5.74, 6) is -0.268. The van der Waals surface area contributed by atoms with Crippen LogP contribution < -0.4 is 5.32 Å². The fraction of sp³-hybridized carbons (Fsp3) is 0.600. The van der Waals surface area contributed by atoms with E-state index in [1.54, 1.807) is 0 Å². The Balaban J connectivity index is 2.00. The molecule has 112 valence electrons. The van der Waals surface area contributed by atoms with Gasteiger partial charge in [0.25, 0.3) is 0 Å². The quantitative estimate of drug-likeness (QED) is 0.804. The molecule has 0 aromatic heterocycles. The average Bonchev–Trinajstić information content (AvgIpc) is 2.88. The van der Waals surface area contributed by atoms with Crippen LogP contribution in [0.5, 0.6) is 0 Å². The lowest BCUT2D eigenvalue weighted by atomic mass is 9.99. The Morgan fingerprint density at radius 3 is 2.45 bits per heavy atom. The molecule has 1 saturated carbocycles. The highest BCUT2D eigenvalue weighted by Crippen LogP contribution is 2.31.